The largest absolute Gasteiger partial charge is 0.332 e. The van der Waals surface area contributed by atoms with Gasteiger partial charge in [-0.25, -0.2) is 14.8 Å². The third kappa shape index (κ3) is 5.56. The number of aryl methyl sites for hydroxylation is 1. The van der Waals surface area contributed by atoms with Crippen LogP contribution in [0.4, 0.5) is 4.79 Å². The Morgan fingerprint density at radius 1 is 1.26 bits per heavy atom. The van der Waals surface area contributed by atoms with Gasteiger partial charge in [0, 0.05) is 11.1 Å². The number of carbonyl (C=O) groups excluding carboxylic acids is 1. The molecule has 1 heterocycles. The number of benzene rings is 1. The molecule has 0 spiro atoms. The zero-order valence-corrected chi connectivity index (χ0v) is 14.5. The Balaban J connectivity index is 1.84. The maximum Gasteiger partial charge on any atom is 0.315 e. The zero-order valence-electron chi connectivity index (χ0n) is 13.7. The van der Waals surface area contributed by atoms with Gasteiger partial charge in [-0.15, -0.1) is 11.8 Å². The van der Waals surface area contributed by atoms with Crippen molar-refractivity contribution >= 4 is 17.8 Å². The van der Waals surface area contributed by atoms with E-state index in [4.69, 9.17) is 0 Å². The van der Waals surface area contributed by atoms with Crippen molar-refractivity contribution in [3.63, 3.8) is 0 Å². The topological polar surface area (TPSA) is 66.9 Å². The molecule has 23 heavy (non-hydrogen) atoms. The van der Waals surface area contributed by atoms with Crippen LogP contribution in [0.5, 0.6) is 0 Å². The highest BCUT2D eigenvalue weighted by Gasteiger charge is 2.09. The van der Waals surface area contributed by atoms with Gasteiger partial charge < -0.3 is 10.6 Å². The maximum atomic E-state index is 12.0. The first-order chi connectivity index (χ1) is 11.1. The Bertz CT molecular complexity index is 645. The number of aromatic nitrogens is 2. The summed E-state index contributed by atoms with van der Waals surface area (Å²) >= 11 is 1.80. The molecular weight excluding hydrogens is 308 g/mol. The van der Waals surface area contributed by atoms with Crippen LogP contribution in [0.2, 0.25) is 0 Å². The third-order valence-corrected chi connectivity index (χ3v) is 4.20. The normalized spacial score (nSPS) is 11.8. The zero-order chi connectivity index (χ0) is 16.7. The fourth-order valence-corrected chi connectivity index (χ4v) is 2.79. The number of amides is 2. The summed E-state index contributed by atoms with van der Waals surface area (Å²) in [6.07, 6.45) is 1.69. The fourth-order valence-electron chi connectivity index (χ4n) is 2.12. The van der Waals surface area contributed by atoms with Crippen LogP contribution < -0.4 is 10.6 Å². The summed E-state index contributed by atoms with van der Waals surface area (Å²) in [5.74, 6) is 1.75. The lowest BCUT2D eigenvalue weighted by atomic mass is 10.1. The van der Waals surface area contributed by atoms with Gasteiger partial charge in [0.1, 0.15) is 5.82 Å². The van der Waals surface area contributed by atoms with Crippen LogP contribution in [-0.2, 0) is 6.54 Å². The van der Waals surface area contributed by atoms with Crippen LogP contribution in [0.25, 0.3) is 0 Å². The van der Waals surface area contributed by atoms with Gasteiger partial charge in [-0.2, -0.15) is 0 Å². The lowest BCUT2D eigenvalue weighted by Gasteiger charge is -2.15. The number of carbonyl (C=O) groups is 1. The van der Waals surface area contributed by atoms with E-state index in [1.165, 1.54) is 4.90 Å². The van der Waals surface area contributed by atoms with Crippen molar-refractivity contribution in [3.05, 3.63) is 53.6 Å². The molecule has 1 unspecified atom stereocenters. The van der Waals surface area contributed by atoms with Crippen LogP contribution in [0.3, 0.4) is 0 Å². The number of urea groups is 1. The highest BCUT2D eigenvalue weighted by Crippen LogP contribution is 2.20. The molecule has 0 fully saturated rings. The second kappa shape index (κ2) is 8.53. The fraction of sp³-hybridized carbons (Fsp3) is 0.353. The molecule has 0 saturated carbocycles. The Hall–Kier alpha value is -2.08. The number of thioether (sulfide) groups is 1. The van der Waals surface area contributed by atoms with E-state index in [2.05, 4.69) is 51.8 Å². The lowest BCUT2D eigenvalue weighted by molar-refractivity contribution is 0.237. The Labute approximate surface area is 141 Å². The summed E-state index contributed by atoms with van der Waals surface area (Å²) in [7, 11) is 0. The molecule has 0 bridgehead atoms. The molecule has 5 nitrogen and oxygen atoms in total. The van der Waals surface area contributed by atoms with Crippen molar-refractivity contribution in [1.82, 2.24) is 20.6 Å². The molecule has 6 heteroatoms. The monoisotopic (exact) mass is 330 g/mol. The van der Waals surface area contributed by atoms with E-state index >= 15 is 0 Å². The van der Waals surface area contributed by atoms with Crippen molar-refractivity contribution in [2.45, 2.75) is 38.3 Å². The molecule has 0 saturated heterocycles. The van der Waals surface area contributed by atoms with E-state index in [1.807, 2.05) is 13.8 Å². The van der Waals surface area contributed by atoms with E-state index < -0.39 is 0 Å². The molecule has 0 radical (unpaired) electrons. The van der Waals surface area contributed by atoms with E-state index in [9.17, 15) is 4.79 Å². The van der Waals surface area contributed by atoms with Gasteiger partial charge >= 0.3 is 6.03 Å². The van der Waals surface area contributed by atoms with Crippen molar-refractivity contribution in [1.29, 1.82) is 0 Å². The van der Waals surface area contributed by atoms with Crippen molar-refractivity contribution in [2.24, 2.45) is 0 Å². The predicted molar refractivity (Wildman–Crippen MR) is 93.4 cm³/mol. The van der Waals surface area contributed by atoms with Crippen molar-refractivity contribution < 1.29 is 4.79 Å². The molecule has 1 atom stereocenters. The first-order valence-electron chi connectivity index (χ1n) is 7.64. The molecule has 0 aliphatic carbocycles. The lowest BCUT2D eigenvalue weighted by Crippen LogP contribution is -2.36. The van der Waals surface area contributed by atoms with E-state index in [0.717, 1.165) is 17.0 Å². The van der Waals surface area contributed by atoms with Gasteiger partial charge in [0.25, 0.3) is 0 Å². The molecule has 0 aliphatic heterocycles. The molecule has 2 amide bonds. The van der Waals surface area contributed by atoms with Gasteiger partial charge in [-0.1, -0.05) is 19.1 Å². The first-order valence-corrected chi connectivity index (χ1v) is 8.62. The summed E-state index contributed by atoms with van der Waals surface area (Å²) in [6, 6.07) is 9.81. The van der Waals surface area contributed by atoms with Gasteiger partial charge in [0.2, 0.25) is 0 Å². The molecule has 122 valence electrons. The minimum atomic E-state index is -0.208. The molecule has 2 aromatic rings. The molecule has 1 aromatic carbocycles. The number of hydrogen-bond donors (Lipinski definition) is 2. The van der Waals surface area contributed by atoms with Crippen molar-refractivity contribution in [2.75, 3.05) is 5.75 Å². The molecule has 1 aromatic heterocycles. The number of nitrogens with zero attached hydrogens (tertiary/aromatic N) is 2. The van der Waals surface area contributed by atoms with Crippen LogP contribution in [-0.4, -0.2) is 21.8 Å². The number of nitrogens with one attached hydrogen (secondary N) is 2. The molecular formula is C17H22N4OS. The second-order valence-corrected chi connectivity index (χ2v) is 6.48. The van der Waals surface area contributed by atoms with E-state index in [0.29, 0.717) is 12.4 Å². The van der Waals surface area contributed by atoms with E-state index in [-0.39, 0.29) is 12.1 Å². The van der Waals surface area contributed by atoms with E-state index in [1.54, 1.807) is 24.0 Å². The average Bonchev–Trinajstić information content (AvgIpc) is 2.54. The van der Waals surface area contributed by atoms with Gasteiger partial charge in [-0.05, 0) is 43.4 Å². The summed E-state index contributed by atoms with van der Waals surface area (Å²) < 4.78 is 0. The smallest absolute Gasteiger partial charge is 0.315 e. The van der Waals surface area contributed by atoms with Crippen LogP contribution in [0.1, 0.15) is 37.0 Å². The molecule has 2 N–H and O–H groups in total. The first kappa shape index (κ1) is 17.3. The quantitative estimate of drug-likeness (QED) is 0.796. The Morgan fingerprint density at radius 2 is 2.00 bits per heavy atom. The van der Waals surface area contributed by atoms with Gasteiger partial charge in [0.15, 0.2) is 0 Å². The minimum Gasteiger partial charge on any atom is -0.332 e. The molecule has 2 rings (SSSR count). The maximum absolute atomic E-state index is 12.0. The minimum absolute atomic E-state index is 0.0530. The summed E-state index contributed by atoms with van der Waals surface area (Å²) in [5.41, 5.74) is 1.87. The van der Waals surface area contributed by atoms with Crippen LogP contribution >= 0.6 is 11.8 Å². The number of hydrogen-bond acceptors (Lipinski definition) is 4. The third-order valence-electron chi connectivity index (χ3n) is 3.30. The standard InChI is InChI=1S/C17H22N4OS/c1-4-23-16-7-5-14(6-8-16)12(2)20-17(22)19-11-15-9-10-18-13(3)21-15/h5-10,12H,4,11H2,1-3H3,(H2,19,20,22). The highest BCUT2D eigenvalue weighted by molar-refractivity contribution is 7.99. The molecule has 0 aliphatic rings. The highest BCUT2D eigenvalue weighted by atomic mass is 32.2. The average molecular weight is 330 g/mol. The van der Waals surface area contributed by atoms with Gasteiger partial charge in [-0.3, -0.25) is 0 Å². The van der Waals surface area contributed by atoms with Crippen LogP contribution in [0, 0.1) is 6.92 Å². The van der Waals surface area contributed by atoms with Crippen molar-refractivity contribution in [3.8, 4) is 0 Å². The predicted octanol–water partition coefficient (Wildman–Crippen LogP) is 3.46. The SMILES string of the molecule is CCSc1ccc(C(C)NC(=O)NCc2ccnc(C)n2)cc1. The summed E-state index contributed by atoms with van der Waals surface area (Å²) in [6.45, 7) is 6.31. The summed E-state index contributed by atoms with van der Waals surface area (Å²) in [4.78, 5) is 21.5. The Morgan fingerprint density at radius 3 is 2.65 bits per heavy atom. The van der Waals surface area contributed by atoms with Crippen LogP contribution in [0.15, 0.2) is 41.4 Å². The second-order valence-electron chi connectivity index (χ2n) is 5.15. The number of rotatable bonds is 6. The van der Waals surface area contributed by atoms with Gasteiger partial charge in [0.05, 0.1) is 18.3 Å². The summed E-state index contributed by atoms with van der Waals surface area (Å²) in [5, 5.41) is 5.75. The Kier molecular flexibility index (Phi) is 6.40.